The first kappa shape index (κ1) is 16.3. The molecule has 23 heavy (non-hydrogen) atoms. The van der Waals surface area contributed by atoms with Gasteiger partial charge in [-0.2, -0.15) is 0 Å². The van der Waals surface area contributed by atoms with Crippen LogP contribution in [0, 0.1) is 18.8 Å². The summed E-state index contributed by atoms with van der Waals surface area (Å²) in [6, 6.07) is 5.37. The summed E-state index contributed by atoms with van der Waals surface area (Å²) in [5.41, 5.74) is 1.65. The molecule has 1 aromatic rings. The Bertz CT molecular complexity index is 614. The number of ether oxygens (including phenoxy) is 1. The van der Waals surface area contributed by atoms with Crippen LogP contribution in [0.1, 0.15) is 24.8 Å². The topological polar surface area (TPSA) is 67.4 Å². The van der Waals surface area contributed by atoms with Crippen molar-refractivity contribution in [3.8, 4) is 0 Å². The zero-order valence-corrected chi connectivity index (χ0v) is 13.9. The van der Waals surface area contributed by atoms with Crippen molar-refractivity contribution in [3.63, 3.8) is 0 Å². The van der Waals surface area contributed by atoms with Gasteiger partial charge in [0.1, 0.15) is 0 Å². The Kier molecular flexibility index (Phi) is 4.87. The van der Waals surface area contributed by atoms with E-state index in [9.17, 15) is 9.59 Å². The molecule has 2 aliphatic rings. The van der Waals surface area contributed by atoms with Crippen LogP contribution in [-0.4, -0.2) is 31.1 Å². The van der Waals surface area contributed by atoms with Gasteiger partial charge in [0, 0.05) is 23.9 Å². The molecule has 2 fully saturated rings. The summed E-state index contributed by atoms with van der Waals surface area (Å²) in [4.78, 5) is 24.3. The van der Waals surface area contributed by atoms with E-state index < -0.39 is 0 Å². The highest BCUT2D eigenvalue weighted by Crippen LogP contribution is 2.39. The van der Waals surface area contributed by atoms with Gasteiger partial charge < -0.3 is 15.4 Å². The lowest BCUT2D eigenvalue weighted by atomic mass is 10.2. The first-order valence-electron chi connectivity index (χ1n) is 8.01. The predicted molar refractivity (Wildman–Crippen MR) is 88.4 cm³/mol. The van der Waals surface area contributed by atoms with Crippen molar-refractivity contribution in [2.75, 3.05) is 18.5 Å². The van der Waals surface area contributed by atoms with E-state index in [2.05, 4.69) is 10.6 Å². The molecule has 0 bridgehead atoms. The molecule has 3 atom stereocenters. The summed E-state index contributed by atoms with van der Waals surface area (Å²) in [6.45, 7) is 3.22. The fourth-order valence-electron chi connectivity index (χ4n) is 2.88. The highest BCUT2D eigenvalue weighted by Gasteiger charge is 2.48. The molecule has 1 heterocycles. The van der Waals surface area contributed by atoms with Gasteiger partial charge in [-0.05, 0) is 43.9 Å². The number of anilines is 1. The number of carbonyl (C=O) groups excluding carboxylic acids is 2. The minimum Gasteiger partial charge on any atom is -0.376 e. The molecule has 1 aliphatic carbocycles. The lowest BCUT2D eigenvalue weighted by Crippen LogP contribution is -2.33. The minimum atomic E-state index is -0.252. The fourth-order valence-corrected chi connectivity index (χ4v) is 3.05. The number of aryl methyl sites for hydroxylation is 1. The molecule has 0 aromatic heterocycles. The lowest BCUT2D eigenvalue weighted by Gasteiger charge is -2.11. The van der Waals surface area contributed by atoms with Crippen LogP contribution in [0.3, 0.4) is 0 Å². The number of hydrogen-bond donors (Lipinski definition) is 2. The lowest BCUT2D eigenvalue weighted by molar-refractivity contribution is -0.125. The molecule has 3 unspecified atom stereocenters. The number of benzene rings is 1. The van der Waals surface area contributed by atoms with Crippen molar-refractivity contribution in [3.05, 3.63) is 28.8 Å². The summed E-state index contributed by atoms with van der Waals surface area (Å²) < 4.78 is 5.47. The fraction of sp³-hybridized carbons (Fsp3) is 0.529. The van der Waals surface area contributed by atoms with Crippen molar-refractivity contribution < 1.29 is 14.3 Å². The second-order valence-electron chi connectivity index (χ2n) is 6.28. The molecule has 0 radical (unpaired) electrons. The van der Waals surface area contributed by atoms with Gasteiger partial charge in [-0.15, -0.1) is 0 Å². The number of nitrogens with one attached hydrogen (secondary N) is 2. The second-order valence-corrected chi connectivity index (χ2v) is 6.71. The molecule has 0 spiro atoms. The molecule has 1 aliphatic heterocycles. The molecule has 3 rings (SSSR count). The highest BCUT2D eigenvalue weighted by molar-refractivity contribution is 6.31. The smallest absolute Gasteiger partial charge is 0.228 e. The van der Waals surface area contributed by atoms with E-state index in [1.807, 2.05) is 13.0 Å². The maximum absolute atomic E-state index is 12.3. The second kappa shape index (κ2) is 6.89. The molecule has 124 valence electrons. The Morgan fingerprint density at radius 1 is 1.30 bits per heavy atom. The maximum Gasteiger partial charge on any atom is 0.228 e. The monoisotopic (exact) mass is 336 g/mol. The summed E-state index contributed by atoms with van der Waals surface area (Å²) in [5.74, 6) is -0.648. The van der Waals surface area contributed by atoms with Gasteiger partial charge in [-0.25, -0.2) is 0 Å². The van der Waals surface area contributed by atoms with E-state index in [-0.39, 0.29) is 29.8 Å². The van der Waals surface area contributed by atoms with E-state index >= 15 is 0 Å². The first-order valence-corrected chi connectivity index (χ1v) is 8.38. The normalized spacial score (nSPS) is 25.9. The summed E-state index contributed by atoms with van der Waals surface area (Å²) in [6.07, 6.45) is 2.76. The highest BCUT2D eigenvalue weighted by atomic mass is 35.5. The van der Waals surface area contributed by atoms with E-state index in [0.29, 0.717) is 23.7 Å². The van der Waals surface area contributed by atoms with Gasteiger partial charge in [0.05, 0.1) is 17.9 Å². The Balaban J connectivity index is 1.48. The molecule has 6 heteroatoms. The quantitative estimate of drug-likeness (QED) is 0.868. The largest absolute Gasteiger partial charge is 0.376 e. The Hall–Kier alpha value is -1.59. The first-order chi connectivity index (χ1) is 11.0. The van der Waals surface area contributed by atoms with E-state index in [1.54, 1.807) is 12.1 Å². The van der Waals surface area contributed by atoms with E-state index in [1.165, 1.54) is 0 Å². The third-order valence-electron chi connectivity index (χ3n) is 4.45. The molecular weight excluding hydrogens is 316 g/mol. The molecule has 2 N–H and O–H groups in total. The minimum absolute atomic E-state index is 0.0523. The van der Waals surface area contributed by atoms with Crippen LogP contribution in [-0.2, 0) is 14.3 Å². The van der Waals surface area contributed by atoms with Crippen LogP contribution in [0.5, 0.6) is 0 Å². The van der Waals surface area contributed by atoms with E-state index in [0.717, 1.165) is 25.0 Å². The average molecular weight is 337 g/mol. The van der Waals surface area contributed by atoms with Gasteiger partial charge in [0.15, 0.2) is 0 Å². The van der Waals surface area contributed by atoms with Gasteiger partial charge >= 0.3 is 0 Å². The zero-order valence-electron chi connectivity index (χ0n) is 13.1. The maximum atomic E-state index is 12.3. The standard InChI is InChI=1S/C17H21ClN2O3/c1-10-4-5-11(18)7-15(10)20-17(22)14-8-13(14)16(21)19-9-12-3-2-6-23-12/h4-5,7,12-14H,2-3,6,8-9H2,1H3,(H,19,21)(H,20,22). The van der Waals surface area contributed by atoms with Gasteiger partial charge in [-0.1, -0.05) is 17.7 Å². The third kappa shape index (κ3) is 4.03. The molecule has 1 saturated carbocycles. The Labute approximate surface area is 140 Å². The molecular formula is C17H21ClN2O3. The van der Waals surface area contributed by atoms with Crippen molar-refractivity contribution in [1.82, 2.24) is 5.32 Å². The number of halogens is 1. The number of hydrogen-bond acceptors (Lipinski definition) is 3. The molecule has 1 aromatic carbocycles. The number of carbonyl (C=O) groups is 2. The van der Waals surface area contributed by atoms with Crippen LogP contribution >= 0.6 is 11.6 Å². The van der Waals surface area contributed by atoms with Gasteiger partial charge in [0.25, 0.3) is 0 Å². The van der Waals surface area contributed by atoms with Crippen molar-refractivity contribution in [2.24, 2.45) is 11.8 Å². The van der Waals surface area contributed by atoms with Crippen molar-refractivity contribution in [1.29, 1.82) is 0 Å². The molecule has 2 amide bonds. The SMILES string of the molecule is Cc1ccc(Cl)cc1NC(=O)C1CC1C(=O)NCC1CCCO1. The van der Waals surface area contributed by atoms with Crippen LogP contribution in [0.2, 0.25) is 5.02 Å². The van der Waals surface area contributed by atoms with Gasteiger partial charge in [-0.3, -0.25) is 9.59 Å². The summed E-state index contributed by atoms with van der Waals surface area (Å²) in [7, 11) is 0. The van der Waals surface area contributed by atoms with Gasteiger partial charge in [0.2, 0.25) is 11.8 Å². The number of rotatable bonds is 5. The summed E-state index contributed by atoms with van der Waals surface area (Å²) >= 11 is 5.95. The van der Waals surface area contributed by atoms with Crippen molar-refractivity contribution >= 4 is 29.1 Å². The van der Waals surface area contributed by atoms with Crippen molar-refractivity contribution in [2.45, 2.75) is 32.3 Å². The van der Waals surface area contributed by atoms with Crippen LogP contribution in [0.15, 0.2) is 18.2 Å². The summed E-state index contributed by atoms with van der Waals surface area (Å²) in [5, 5.41) is 6.33. The molecule has 5 nitrogen and oxygen atoms in total. The van der Waals surface area contributed by atoms with Crippen LogP contribution in [0.25, 0.3) is 0 Å². The number of amides is 2. The predicted octanol–water partition coefficient (Wildman–Crippen LogP) is 2.52. The zero-order chi connectivity index (χ0) is 16.4. The van der Waals surface area contributed by atoms with Crippen LogP contribution < -0.4 is 10.6 Å². The van der Waals surface area contributed by atoms with Crippen LogP contribution in [0.4, 0.5) is 5.69 Å². The third-order valence-corrected chi connectivity index (χ3v) is 4.68. The Morgan fingerprint density at radius 3 is 2.83 bits per heavy atom. The molecule has 1 saturated heterocycles. The van der Waals surface area contributed by atoms with E-state index in [4.69, 9.17) is 16.3 Å². The average Bonchev–Trinajstić information content (AvgIpc) is 3.17. The Morgan fingerprint density at radius 2 is 2.09 bits per heavy atom.